The second kappa shape index (κ2) is 3.80. The Morgan fingerprint density at radius 1 is 1.44 bits per heavy atom. The van der Waals surface area contributed by atoms with E-state index in [4.69, 9.17) is 16.9 Å². The van der Waals surface area contributed by atoms with E-state index in [-0.39, 0.29) is 5.91 Å². The van der Waals surface area contributed by atoms with E-state index >= 15 is 0 Å². The molecule has 0 saturated heterocycles. The normalized spacial score (nSPS) is 16.3. The molecule has 1 aromatic carbocycles. The third-order valence-electron chi connectivity index (χ3n) is 2.89. The van der Waals surface area contributed by atoms with Crippen LogP contribution in [0.5, 0.6) is 0 Å². The van der Waals surface area contributed by atoms with Crippen molar-refractivity contribution in [2.24, 2.45) is 5.41 Å². The smallest absolute Gasteiger partial charge is 0.247 e. The number of rotatable bonds is 2. The molecule has 0 atom stereocenters. The molecule has 1 amide bonds. The fourth-order valence-corrected chi connectivity index (χ4v) is 1.73. The second-order valence-corrected chi connectivity index (χ2v) is 4.47. The zero-order valence-corrected chi connectivity index (χ0v) is 9.66. The number of benzene rings is 1. The highest BCUT2D eigenvalue weighted by Gasteiger charge is 2.52. The van der Waals surface area contributed by atoms with Crippen LogP contribution in [0.25, 0.3) is 0 Å². The molecule has 0 spiro atoms. The zero-order valence-electron chi connectivity index (χ0n) is 8.90. The SMILES string of the molecule is CN(C(=O)C1(C#N)CC1)c1ccc(Cl)cc1. The first-order valence-electron chi connectivity index (χ1n) is 5.04. The summed E-state index contributed by atoms with van der Waals surface area (Å²) in [6.07, 6.45) is 1.33. The van der Waals surface area contributed by atoms with E-state index in [0.29, 0.717) is 17.9 Å². The van der Waals surface area contributed by atoms with Crippen LogP contribution in [0, 0.1) is 16.7 Å². The van der Waals surface area contributed by atoms with Gasteiger partial charge in [-0.1, -0.05) is 11.6 Å². The Kier molecular flexibility index (Phi) is 2.61. The van der Waals surface area contributed by atoms with Crippen LogP contribution < -0.4 is 4.90 Å². The van der Waals surface area contributed by atoms with Gasteiger partial charge in [0.25, 0.3) is 0 Å². The second-order valence-electron chi connectivity index (χ2n) is 4.03. The van der Waals surface area contributed by atoms with Crippen LogP contribution in [-0.4, -0.2) is 13.0 Å². The van der Waals surface area contributed by atoms with Crippen LogP contribution in [0.15, 0.2) is 24.3 Å². The Labute approximate surface area is 99.2 Å². The first-order chi connectivity index (χ1) is 7.59. The Morgan fingerprint density at radius 3 is 2.44 bits per heavy atom. The standard InChI is InChI=1S/C12H11ClN2O/c1-15(10-4-2-9(13)3-5-10)11(16)12(8-14)6-7-12/h2-5H,6-7H2,1H3. The van der Waals surface area contributed by atoms with Crippen LogP contribution in [-0.2, 0) is 4.79 Å². The van der Waals surface area contributed by atoms with Gasteiger partial charge in [-0.3, -0.25) is 4.79 Å². The van der Waals surface area contributed by atoms with Crippen molar-refractivity contribution in [1.82, 2.24) is 0 Å². The maximum Gasteiger partial charge on any atom is 0.247 e. The number of hydrogen-bond donors (Lipinski definition) is 0. The first-order valence-corrected chi connectivity index (χ1v) is 5.42. The highest BCUT2D eigenvalue weighted by atomic mass is 35.5. The molecule has 1 aliphatic carbocycles. The van der Waals surface area contributed by atoms with Crippen LogP contribution in [0.2, 0.25) is 5.02 Å². The van der Waals surface area contributed by atoms with Crippen molar-refractivity contribution in [2.45, 2.75) is 12.8 Å². The quantitative estimate of drug-likeness (QED) is 0.790. The summed E-state index contributed by atoms with van der Waals surface area (Å²) in [5.74, 6) is -0.127. The van der Waals surface area contributed by atoms with Crippen molar-refractivity contribution < 1.29 is 4.79 Å². The van der Waals surface area contributed by atoms with Gasteiger partial charge in [0.15, 0.2) is 0 Å². The lowest BCUT2D eigenvalue weighted by Crippen LogP contribution is -2.33. The van der Waals surface area contributed by atoms with Gasteiger partial charge in [-0.15, -0.1) is 0 Å². The van der Waals surface area contributed by atoms with Gasteiger partial charge < -0.3 is 4.90 Å². The van der Waals surface area contributed by atoms with Crippen molar-refractivity contribution in [3.63, 3.8) is 0 Å². The van der Waals surface area contributed by atoms with Gasteiger partial charge in [0.1, 0.15) is 5.41 Å². The number of anilines is 1. The number of nitrogens with zero attached hydrogens (tertiary/aromatic N) is 2. The van der Waals surface area contributed by atoms with Gasteiger partial charge in [-0.05, 0) is 37.1 Å². The maximum absolute atomic E-state index is 12.0. The van der Waals surface area contributed by atoms with Crippen LogP contribution in [0.4, 0.5) is 5.69 Å². The van der Waals surface area contributed by atoms with Crippen molar-refractivity contribution in [1.29, 1.82) is 5.26 Å². The van der Waals surface area contributed by atoms with Gasteiger partial charge in [0.2, 0.25) is 5.91 Å². The van der Waals surface area contributed by atoms with Gasteiger partial charge >= 0.3 is 0 Å². The molecule has 1 aliphatic rings. The van der Waals surface area contributed by atoms with Gasteiger partial charge in [0.05, 0.1) is 6.07 Å². The average molecular weight is 235 g/mol. The minimum atomic E-state index is -0.769. The molecule has 0 aromatic heterocycles. The molecule has 2 rings (SSSR count). The Bertz CT molecular complexity index is 457. The van der Waals surface area contributed by atoms with E-state index in [2.05, 4.69) is 6.07 Å². The summed E-state index contributed by atoms with van der Waals surface area (Å²) in [5.41, 5.74) is -0.00934. The summed E-state index contributed by atoms with van der Waals surface area (Å²) in [5, 5.41) is 9.58. The van der Waals surface area contributed by atoms with Crippen molar-refractivity contribution in [2.75, 3.05) is 11.9 Å². The number of amides is 1. The lowest BCUT2D eigenvalue weighted by Gasteiger charge is -2.19. The molecule has 4 heteroatoms. The van der Waals surface area contributed by atoms with Gasteiger partial charge in [-0.2, -0.15) is 5.26 Å². The number of halogens is 1. The number of carbonyl (C=O) groups excluding carboxylic acids is 1. The Morgan fingerprint density at radius 2 is 2.00 bits per heavy atom. The molecule has 0 unspecified atom stereocenters. The third-order valence-corrected chi connectivity index (χ3v) is 3.14. The fourth-order valence-electron chi connectivity index (χ4n) is 1.60. The number of hydrogen-bond acceptors (Lipinski definition) is 2. The Hall–Kier alpha value is -1.53. The van der Waals surface area contributed by atoms with Crippen molar-refractivity contribution >= 4 is 23.2 Å². The Balaban J connectivity index is 2.20. The van der Waals surface area contributed by atoms with Crippen LogP contribution >= 0.6 is 11.6 Å². The van der Waals surface area contributed by atoms with E-state index in [0.717, 1.165) is 5.69 Å². The molecule has 3 nitrogen and oxygen atoms in total. The molecule has 16 heavy (non-hydrogen) atoms. The molecular formula is C12H11ClN2O. The largest absolute Gasteiger partial charge is 0.314 e. The molecule has 0 bridgehead atoms. The summed E-state index contributed by atoms with van der Waals surface area (Å²) >= 11 is 5.77. The lowest BCUT2D eigenvalue weighted by molar-refractivity contribution is -0.121. The monoisotopic (exact) mass is 234 g/mol. The highest BCUT2D eigenvalue weighted by Crippen LogP contribution is 2.46. The first kappa shape index (κ1) is 11.0. The number of nitriles is 1. The van der Waals surface area contributed by atoms with E-state index in [9.17, 15) is 4.79 Å². The predicted octanol–water partition coefficient (Wildman–Crippen LogP) is 2.61. The minimum Gasteiger partial charge on any atom is -0.314 e. The van der Waals surface area contributed by atoms with E-state index in [1.54, 1.807) is 31.3 Å². The zero-order chi connectivity index (χ0) is 11.8. The van der Waals surface area contributed by atoms with E-state index in [1.807, 2.05) is 0 Å². The molecule has 1 saturated carbocycles. The summed E-state index contributed by atoms with van der Waals surface area (Å²) in [7, 11) is 1.68. The van der Waals surface area contributed by atoms with E-state index in [1.165, 1.54) is 4.90 Å². The highest BCUT2D eigenvalue weighted by molar-refractivity contribution is 6.30. The van der Waals surface area contributed by atoms with Crippen LogP contribution in [0.3, 0.4) is 0 Å². The van der Waals surface area contributed by atoms with Gasteiger partial charge in [-0.25, -0.2) is 0 Å². The molecule has 82 valence electrons. The number of carbonyl (C=O) groups is 1. The molecule has 1 fully saturated rings. The fraction of sp³-hybridized carbons (Fsp3) is 0.333. The van der Waals surface area contributed by atoms with Crippen molar-refractivity contribution in [3.8, 4) is 6.07 Å². The molecule has 0 N–H and O–H groups in total. The maximum atomic E-state index is 12.0. The predicted molar refractivity (Wildman–Crippen MR) is 62.1 cm³/mol. The van der Waals surface area contributed by atoms with Crippen LogP contribution in [0.1, 0.15) is 12.8 Å². The summed E-state index contributed by atoms with van der Waals surface area (Å²) < 4.78 is 0. The van der Waals surface area contributed by atoms with E-state index < -0.39 is 5.41 Å². The molecule has 0 radical (unpaired) electrons. The minimum absolute atomic E-state index is 0.127. The third kappa shape index (κ3) is 1.77. The van der Waals surface area contributed by atoms with Crippen molar-refractivity contribution in [3.05, 3.63) is 29.3 Å². The molecule has 1 aromatic rings. The summed E-state index contributed by atoms with van der Waals surface area (Å²) in [6, 6.07) is 9.10. The lowest BCUT2D eigenvalue weighted by atomic mass is 10.1. The summed E-state index contributed by atoms with van der Waals surface area (Å²) in [4.78, 5) is 13.5. The topological polar surface area (TPSA) is 44.1 Å². The molecule has 0 heterocycles. The molecular weight excluding hydrogens is 224 g/mol. The average Bonchev–Trinajstić information content (AvgIpc) is 3.09. The van der Waals surface area contributed by atoms with Gasteiger partial charge in [0, 0.05) is 17.8 Å². The molecule has 0 aliphatic heterocycles. The summed E-state index contributed by atoms with van der Waals surface area (Å²) in [6.45, 7) is 0.